The maximum absolute atomic E-state index is 15.6. The lowest BCUT2D eigenvalue weighted by Crippen LogP contribution is -2.39. The Morgan fingerprint density at radius 3 is 2.48 bits per heavy atom. The summed E-state index contributed by atoms with van der Waals surface area (Å²) in [5.41, 5.74) is 1.22. The molecule has 1 fully saturated rings. The first-order valence-electron chi connectivity index (χ1n) is 16.4. The van der Waals surface area contributed by atoms with Gasteiger partial charge in [-0.25, -0.2) is 9.37 Å². The van der Waals surface area contributed by atoms with Crippen LogP contribution in [0.2, 0.25) is 0 Å². The molecule has 0 saturated carbocycles. The van der Waals surface area contributed by atoms with E-state index >= 15 is 4.39 Å². The number of nitrogens with one attached hydrogen (secondary N) is 2. The van der Waals surface area contributed by atoms with Crippen molar-refractivity contribution in [3.63, 3.8) is 0 Å². The van der Waals surface area contributed by atoms with Gasteiger partial charge in [-0.05, 0) is 41.7 Å². The SMILES string of the molecule is COc1cc(OC)c(F)c(-c2cc3cnc(NCCN4CCOCC4)nc3n(CCc3ccc(NC(=O)C(C#N)=CC(C)(C)C)cc3)c2=O)c1. The zero-order valence-corrected chi connectivity index (χ0v) is 29.0. The van der Waals surface area contributed by atoms with Gasteiger partial charge in [0.2, 0.25) is 5.95 Å². The van der Waals surface area contributed by atoms with Crippen molar-refractivity contribution in [1.82, 2.24) is 19.4 Å². The average Bonchev–Trinajstić information content (AvgIpc) is 3.11. The van der Waals surface area contributed by atoms with E-state index in [0.29, 0.717) is 54.6 Å². The van der Waals surface area contributed by atoms with Crippen molar-refractivity contribution in [3.05, 3.63) is 82.0 Å². The maximum Gasteiger partial charge on any atom is 0.265 e. The van der Waals surface area contributed by atoms with E-state index in [-0.39, 0.29) is 34.4 Å². The molecule has 1 saturated heterocycles. The van der Waals surface area contributed by atoms with Crippen molar-refractivity contribution >= 4 is 28.6 Å². The highest BCUT2D eigenvalue weighted by Crippen LogP contribution is 2.33. The minimum absolute atomic E-state index is 0.0342. The van der Waals surface area contributed by atoms with Crippen LogP contribution < -0.4 is 25.7 Å². The average molecular weight is 684 g/mol. The van der Waals surface area contributed by atoms with E-state index in [2.05, 4.69) is 20.5 Å². The molecule has 1 amide bonds. The number of nitriles is 1. The predicted molar refractivity (Wildman–Crippen MR) is 190 cm³/mol. The van der Waals surface area contributed by atoms with Gasteiger partial charge in [0.25, 0.3) is 11.5 Å². The summed E-state index contributed by atoms with van der Waals surface area (Å²) in [6, 6.07) is 13.6. The molecular formula is C37H42FN7O5. The zero-order chi connectivity index (χ0) is 35.8. The van der Waals surface area contributed by atoms with Gasteiger partial charge < -0.3 is 24.8 Å². The lowest BCUT2D eigenvalue weighted by molar-refractivity contribution is -0.112. The number of ether oxygens (including phenoxy) is 3. The second-order valence-corrected chi connectivity index (χ2v) is 13.0. The third-order valence-corrected chi connectivity index (χ3v) is 8.18. The summed E-state index contributed by atoms with van der Waals surface area (Å²) < 4.78 is 33.2. The lowest BCUT2D eigenvalue weighted by Gasteiger charge is -2.26. The number of anilines is 2. The molecule has 0 aliphatic carbocycles. The monoisotopic (exact) mass is 683 g/mol. The van der Waals surface area contributed by atoms with Crippen LogP contribution in [0.25, 0.3) is 22.2 Å². The van der Waals surface area contributed by atoms with Crippen molar-refractivity contribution in [2.45, 2.75) is 33.7 Å². The highest BCUT2D eigenvalue weighted by atomic mass is 19.1. The Hall–Kier alpha value is -5.32. The highest BCUT2D eigenvalue weighted by molar-refractivity contribution is 6.06. The lowest BCUT2D eigenvalue weighted by atomic mass is 9.93. The summed E-state index contributed by atoms with van der Waals surface area (Å²) in [6.45, 7) is 10.5. The number of pyridine rings is 1. The van der Waals surface area contributed by atoms with E-state index < -0.39 is 17.3 Å². The predicted octanol–water partition coefficient (Wildman–Crippen LogP) is 5.04. The summed E-state index contributed by atoms with van der Waals surface area (Å²) >= 11 is 0. The fourth-order valence-corrected chi connectivity index (χ4v) is 5.61. The fraction of sp³-hybridized carbons (Fsp3) is 0.378. The van der Waals surface area contributed by atoms with Crippen LogP contribution in [0.5, 0.6) is 11.5 Å². The van der Waals surface area contributed by atoms with E-state index in [1.807, 2.05) is 39.0 Å². The molecule has 1 aliphatic heterocycles. The Morgan fingerprint density at radius 1 is 1.08 bits per heavy atom. The zero-order valence-electron chi connectivity index (χ0n) is 29.0. The number of carbonyl (C=O) groups is 1. The molecule has 2 N–H and O–H groups in total. The number of carbonyl (C=O) groups excluding carboxylic acids is 1. The van der Waals surface area contributed by atoms with Crippen LogP contribution in [0.3, 0.4) is 0 Å². The van der Waals surface area contributed by atoms with Crippen LogP contribution >= 0.6 is 0 Å². The van der Waals surface area contributed by atoms with Gasteiger partial charge >= 0.3 is 0 Å². The Bertz CT molecular complexity index is 1970. The number of amides is 1. The Labute approximate surface area is 290 Å². The number of fused-ring (bicyclic) bond motifs is 1. The summed E-state index contributed by atoms with van der Waals surface area (Å²) in [7, 11) is 2.81. The third kappa shape index (κ3) is 8.82. The van der Waals surface area contributed by atoms with Crippen LogP contribution in [-0.4, -0.2) is 79.0 Å². The largest absolute Gasteiger partial charge is 0.497 e. The molecule has 2 aromatic heterocycles. The van der Waals surface area contributed by atoms with Crippen LogP contribution in [0.1, 0.15) is 26.3 Å². The highest BCUT2D eigenvalue weighted by Gasteiger charge is 2.21. The number of methoxy groups -OCH3 is 2. The molecule has 0 atom stereocenters. The smallest absolute Gasteiger partial charge is 0.265 e. The number of benzene rings is 2. The molecule has 12 nitrogen and oxygen atoms in total. The number of hydrogen-bond acceptors (Lipinski definition) is 10. The van der Waals surface area contributed by atoms with Gasteiger partial charge in [-0.15, -0.1) is 0 Å². The first-order valence-corrected chi connectivity index (χ1v) is 16.4. The topological polar surface area (TPSA) is 144 Å². The van der Waals surface area contributed by atoms with Crippen molar-refractivity contribution in [2.75, 3.05) is 64.2 Å². The maximum atomic E-state index is 15.6. The van der Waals surface area contributed by atoms with Crippen LogP contribution in [0, 0.1) is 22.6 Å². The van der Waals surface area contributed by atoms with Gasteiger partial charge in [0.15, 0.2) is 11.6 Å². The van der Waals surface area contributed by atoms with E-state index in [4.69, 9.17) is 19.2 Å². The number of morpholine rings is 1. The molecule has 262 valence electrons. The van der Waals surface area contributed by atoms with Crippen LogP contribution in [0.4, 0.5) is 16.0 Å². The Kier molecular flexibility index (Phi) is 11.5. The molecule has 0 radical (unpaired) electrons. The number of rotatable bonds is 12. The summed E-state index contributed by atoms with van der Waals surface area (Å²) in [4.78, 5) is 38.4. The van der Waals surface area contributed by atoms with Gasteiger partial charge in [-0.1, -0.05) is 39.0 Å². The first kappa shape index (κ1) is 36.0. The molecule has 1 aliphatic rings. The van der Waals surface area contributed by atoms with E-state index in [0.717, 1.165) is 25.2 Å². The van der Waals surface area contributed by atoms with Crippen molar-refractivity contribution in [3.8, 4) is 28.7 Å². The number of allylic oxidation sites excluding steroid dienone is 1. The molecule has 5 rings (SSSR count). The second kappa shape index (κ2) is 15.9. The molecule has 13 heteroatoms. The Morgan fingerprint density at radius 2 is 1.82 bits per heavy atom. The minimum Gasteiger partial charge on any atom is -0.497 e. The summed E-state index contributed by atoms with van der Waals surface area (Å²) in [5, 5.41) is 16.1. The van der Waals surface area contributed by atoms with Gasteiger partial charge in [-0.2, -0.15) is 10.2 Å². The Balaban J connectivity index is 1.44. The van der Waals surface area contributed by atoms with Crippen molar-refractivity contribution in [2.24, 2.45) is 5.41 Å². The molecule has 0 spiro atoms. The number of nitrogens with zero attached hydrogens (tertiary/aromatic N) is 5. The molecular weight excluding hydrogens is 641 g/mol. The fourth-order valence-electron chi connectivity index (χ4n) is 5.61. The van der Waals surface area contributed by atoms with Gasteiger partial charge in [-0.3, -0.25) is 19.1 Å². The molecule has 3 heterocycles. The van der Waals surface area contributed by atoms with E-state index in [9.17, 15) is 14.9 Å². The number of aromatic nitrogens is 3. The van der Waals surface area contributed by atoms with E-state index in [1.54, 1.807) is 30.5 Å². The van der Waals surface area contributed by atoms with Gasteiger partial charge in [0.05, 0.1) is 33.0 Å². The standard InChI is InChI=1S/C37H42FN7O5/c1-37(2,3)21-26(22-39)34(46)42-27-8-6-24(7-9-27)10-12-45-33-25(23-41-36(43-33)40-11-13-44-14-16-50-17-15-44)18-30(35(45)47)29-19-28(48-4)20-31(49-5)32(29)38/h6-9,18-21,23H,10-17H2,1-5H3,(H,42,46)(H,40,41,43). The summed E-state index contributed by atoms with van der Waals surface area (Å²) in [5.74, 6) is -0.514. The van der Waals surface area contributed by atoms with Crippen LogP contribution in [-0.2, 0) is 22.5 Å². The molecule has 50 heavy (non-hydrogen) atoms. The number of hydrogen-bond donors (Lipinski definition) is 2. The van der Waals surface area contributed by atoms with Gasteiger partial charge in [0, 0.05) is 61.6 Å². The minimum atomic E-state index is -0.687. The van der Waals surface area contributed by atoms with Crippen LogP contribution in [0.15, 0.2) is 65.1 Å². The number of halogens is 1. The van der Waals surface area contributed by atoms with Crippen molar-refractivity contribution < 1.29 is 23.4 Å². The van der Waals surface area contributed by atoms with Gasteiger partial charge in [0.1, 0.15) is 23.0 Å². The molecule has 2 aromatic carbocycles. The van der Waals surface area contributed by atoms with Crippen molar-refractivity contribution in [1.29, 1.82) is 5.26 Å². The molecule has 0 unspecified atom stereocenters. The van der Waals surface area contributed by atoms with E-state index in [1.165, 1.54) is 30.9 Å². The number of aryl methyl sites for hydroxylation is 2. The first-order chi connectivity index (χ1) is 24.0. The molecule has 4 aromatic rings. The normalized spacial score (nSPS) is 13.9. The summed E-state index contributed by atoms with van der Waals surface area (Å²) in [6.07, 6.45) is 3.68. The molecule has 0 bridgehead atoms. The third-order valence-electron chi connectivity index (χ3n) is 8.18. The quantitative estimate of drug-likeness (QED) is 0.154. The second-order valence-electron chi connectivity index (χ2n) is 13.0.